The van der Waals surface area contributed by atoms with E-state index < -0.39 is 0 Å². The second-order valence-corrected chi connectivity index (χ2v) is 5.39. The summed E-state index contributed by atoms with van der Waals surface area (Å²) >= 11 is 8.17. The molecule has 0 N–H and O–H groups in total. The third-order valence-corrected chi connectivity index (χ3v) is 3.27. The van der Waals surface area contributed by atoms with Gasteiger partial charge in [-0.25, -0.2) is 4.98 Å². The summed E-state index contributed by atoms with van der Waals surface area (Å²) in [6.07, 6.45) is 0. The van der Waals surface area contributed by atoms with Gasteiger partial charge in [0.15, 0.2) is 0 Å². The highest BCUT2D eigenvalue weighted by atomic mass is 127. The largest absolute Gasteiger partial charge is 0.280 e. The van der Waals surface area contributed by atoms with Crippen molar-refractivity contribution in [3.8, 4) is 0 Å². The van der Waals surface area contributed by atoms with Crippen LogP contribution in [0.1, 0.15) is 19.9 Å². The molecule has 84 valence electrons. The molecule has 0 amide bonds. The molecule has 0 atom stereocenters. The van der Waals surface area contributed by atoms with Crippen LogP contribution in [0.5, 0.6) is 0 Å². The van der Waals surface area contributed by atoms with E-state index in [1.54, 1.807) is 0 Å². The van der Waals surface area contributed by atoms with Gasteiger partial charge in [0.05, 0.1) is 10.9 Å². The molecule has 0 saturated heterocycles. The summed E-state index contributed by atoms with van der Waals surface area (Å²) in [5.41, 5.74) is 0.566. The zero-order valence-corrected chi connectivity index (χ0v) is 11.8. The van der Waals surface area contributed by atoms with E-state index in [1.807, 2.05) is 32.0 Å². The SMILES string of the molecule is CC(C)n1c(Cl)nc2ccc(I)cc2c1=O. The van der Waals surface area contributed by atoms with Crippen molar-refractivity contribution < 1.29 is 0 Å². The van der Waals surface area contributed by atoms with Gasteiger partial charge in [-0.3, -0.25) is 9.36 Å². The minimum absolute atomic E-state index is 0.00904. The lowest BCUT2D eigenvalue weighted by Crippen LogP contribution is -2.23. The third kappa shape index (κ3) is 1.96. The topological polar surface area (TPSA) is 34.9 Å². The normalized spacial score (nSPS) is 11.3. The first kappa shape index (κ1) is 11.9. The molecule has 0 saturated carbocycles. The van der Waals surface area contributed by atoms with E-state index in [0.29, 0.717) is 10.9 Å². The van der Waals surface area contributed by atoms with Crippen LogP contribution in [0.3, 0.4) is 0 Å². The van der Waals surface area contributed by atoms with Crippen LogP contribution < -0.4 is 5.56 Å². The first-order chi connectivity index (χ1) is 7.50. The van der Waals surface area contributed by atoms with Crippen LogP contribution >= 0.6 is 34.2 Å². The van der Waals surface area contributed by atoms with Crippen LogP contribution in [0.4, 0.5) is 0 Å². The molecule has 1 aromatic carbocycles. The van der Waals surface area contributed by atoms with Crippen molar-refractivity contribution in [3.05, 3.63) is 37.4 Å². The summed E-state index contributed by atoms with van der Waals surface area (Å²) in [6, 6.07) is 5.57. The average Bonchev–Trinajstić information content (AvgIpc) is 2.19. The summed E-state index contributed by atoms with van der Waals surface area (Å²) in [6.45, 7) is 3.82. The second kappa shape index (κ2) is 4.33. The minimum atomic E-state index is -0.0801. The van der Waals surface area contributed by atoms with Crippen molar-refractivity contribution in [2.24, 2.45) is 0 Å². The predicted molar refractivity (Wildman–Crippen MR) is 74.1 cm³/mol. The number of aromatic nitrogens is 2. The van der Waals surface area contributed by atoms with Crippen LogP contribution in [0.15, 0.2) is 23.0 Å². The molecule has 0 radical (unpaired) electrons. The Morgan fingerprint density at radius 3 is 2.75 bits per heavy atom. The fourth-order valence-corrected chi connectivity index (χ4v) is 2.45. The molecule has 0 fully saturated rings. The molecule has 3 nitrogen and oxygen atoms in total. The van der Waals surface area contributed by atoms with E-state index >= 15 is 0 Å². The van der Waals surface area contributed by atoms with Gasteiger partial charge in [0, 0.05) is 9.61 Å². The van der Waals surface area contributed by atoms with Gasteiger partial charge in [-0.15, -0.1) is 0 Å². The summed E-state index contributed by atoms with van der Waals surface area (Å²) in [5, 5.41) is 0.860. The van der Waals surface area contributed by atoms with Crippen molar-refractivity contribution in [2.75, 3.05) is 0 Å². The van der Waals surface area contributed by atoms with E-state index in [-0.39, 0.29) is 16.9 Å². The van der Waals surface area contributed by atoms with E-state index in [0.717, 1.165) is 3.57 Å². The second-order valence-electron chi connectivity index (χ2n) is 3.81. The Bertz CT molecular complexity index is 607. The maximum absolute atomic E-state index is 12.2. The minimum Gasteiger partial charge on any atom is -0.280 e. The molecular formula is C11H10ClIN2O. The Morgan fingerprint density at radius 1 is 1.44 bits per heavy atom. The summed E-state index contributed by atoms with van der Waals surface area (Å²) in [4.78, 5) is 16.4. The zero-order chi connectivity index (χ0) is 11.9. The van der Waals surface area contributed by atoms with Gasteiger partial charge >= 0.3 is 0 Å². The molecule has 0 bridgehead atoms. The molecule has 0 aliphatic heterocycles. The first-order valence-electron chi connectivity index (χ1n) is 4.88. The van der Waals surface area contributed by atoms with Crippen molar-refractivity contribution in [1.82, 2.24) is 9.55 Å². The van der Waals surface area contributed by atoms with Gasteiger partial charge in [-0.05, 0) is 66.2 Å². The number of rotatable bonds is 1. The molecule has 2 aromatic rings. The average molecular weight is 349 g/mol. The molecule has 0 aliphatic rings. The molecular weight excluding hydrogens is 338 g/mol. The Hall–Kier alpha value is -0.620. The lowest BCUT2D eigenvalue weighted by molar-refractivity contribution is 0.574. The monoisotopic (exact) mass is 348 g/mol. The predicted octanol–water partition coefficient (Wildman–Crippen LogP) is 3.24. The molecule has 2 rings (SSSR count). The zero-order valence-electron chi connectivity index (χ0n) is 8.87. The smallest absolute Gasteiger partial charge is 0.262 e. The maximum atomic E-state index is 12.2. The van der Waals surface area contributed by atoms with E-state index in [4.69, 9.17) is 11.6 Å². The van der Waals surface area contributed by atoms with Crippen molar-refractivity contribution in [1.29, 1.82) is 0 Å². The fraction of sp³-hybridized carbons (Fsp3) is 0.273. The summed E-state index contributed by atoms with van der Waals surface area (Å²) in [7, 11) is 0. The standard InChI is InChI=1S/C11H10ClIN2O/c1-6(2)15-10(16)8-5-7(13)3-4-9(8)14-11(15)12/h3-6H,1-2H3. The Balaban J connectivity index is 2.91. The summed E-state index contributed by atoms with van der Waals surface area (Å²) < 4.78 is 2.52. The van der Waals surface area contributed by atoms with E-state index in [9.17, 15) is 4.79 Å². The van der Waals surface area contributed by atoms with Gasteiger partial charge in [0.2, 0.25) is 5.28 Å². The fourth-order valence-electron chi connectivity index (χ4n) is 1.59. The number of nitrogens with zero attached hydrogens (tertiary/aromatic N) is 2. The van der Waals surface area contributed by atoms with Crippen LogP contribution in [-0.4, -0.2) is 9.55 Å². The number of fused-ring (bicyclic) bond motifs is 1. The highest BCUT2D eigenvalue weighted by molar-refractivity contribution is 14.1. The van der Waals surface area contributed by atoms with Gasteiger partial charge in [-0.1, -0.05) is 0 Å². The maximum Gasteiger partial charge on any atom is 0.262 e. The van der Waals surface area contributed by atoms with Crippen molar-refractivity contribution in [3.63, 3.8) is 0 Å². The lowest BCUT2D eigenvalue weighted by atomic mass is 10.2. The molecule has 0 unspecified atom stereocenters. The van der Waals surface area contributed by atoms with Crippen molar-refractivity contribution >= 4 is 45.1 Å². The molecule has 5 heteroatoms. The van der Waals surface area contributed by atoms with Gasteiger partial charge in [0.1, 0.15) is 0 Å². The molecule has 0 aliphatic carbocycles. The van der Waals surface area contributed by atoms with Crippen LogP contribution in [0, 0.1) is 3.57 Å². The Morgan fingerprint density at radius 2 is 2.12 bits per heavy atom. The van der Waals surface area contributed by atoms with Gasteiger partial charge < -0.3 is 0 Å². The van der Waals surface area contributed by atoms with E-state index in [1.165, 1.54) is 4.57 Å². The quantitative estimate of drug-likeness (QED) is 0.586. The molecule has 1 aromatic heterocycles. The lowest BCUT2D eigenvalue weighted by Gasteiger charge is -2.12. The Kier molecular flexibility index (Phi) is 3.21. The highest BCUT2D eigenvalue weighted by Crippen LogP contribution is 2.17. The Labute approximate surface area is 112 Å². The number of hydrogen-bond acceptors (Lipinski definition) is 2. The number of halogens is 2. The van der Waals surface area contributed by atoms with Gasteiger partial charge in [0.25, 0.3) is 5.56 Å². The van der Waals surface area contributed by atoms with Gasteiger partial charge in [-0.2, -0.15) is 0 Å². The van der Waals surface area contributed by atoms with Crippen molar-refractivity contribution in [2.45, 2.75) is 19.9 Å². The highest BCUT2D eigenvalue weighted by Gasteiger charge is 2.11. The third-order valence-electron chi connectivity index (χ3n) is 2.34. The molecule has 16 heavy (non-hydrogen) atoms. The molecule has 1 heterocycles. The first-order valence-corrected chi connectivity index (χ1v) is 6.33. The van der Waals surface area contributed by atoms with E-state index in [2.05, 4.69) is 27.6 Å². The summed E-state index contributed by atoms with van der Waals surface area (Å²) in [5.74, 6) is 0. The number of benzene rings is 1. The van der Waals surface area contributed by atoms with Crippen LogP contribution in [0.25, 0.3) is 10.9 Å². The number of hydrogen-bond donors (Lipinski definition) is 0. The van der Waals surface area contributed by atoms with Crippen LogP contribution in [-0.2, 0) is 0 Å². The molecule has 0 spiro atoms. The van der Waals surface area contributed by atoms with Crippen LogP contribution in [0.2, 0.25) is 5.28 Å².